The number of rotatable bonds is 3. The van der Waals surface area contributed by atoms with Gasteiger partial charge in [-0.05, 0) is 23.8 Å². The lowest BCUT2D eigenvalue weighted by molar-refractivity contribution is -0.115. The highest BCUT2D eigenvalue weighted by atomic mass is 35.5. The summed E-state index contributed by atoms with van der Waals surface area (Å²) in [5.74, 6) is 0.286. The first-order chi connectivity index (χ1) is 6.13. The molecule has 0 saturated heterocycles. The molecule has 0 atom stereocenters. The molecule has 1 aromatic rings. The third-order valence-electron chi connectivity index (χ3n) is 1.59. The van der Waals surface area contributed by atoms with Crippen LogP contribution in [0.3, 0.4) is 0 Å². The van der Waals surface area contributed by atoms with Gasteiger partial charge in [0.25, 0.3) is 0 Å². The monoisotopic (exact) mass is 216 g/mol. The van der Waals surface area contributed by atoms with Gasteiger partial charge in [0.1, 0.15) is 11.5 Å². The van der Waals surface area contributed by atoms with Gasteiger partial charge in [0.05, 0.1) is 0 Å². The van der Waals surface area contributed by atoms with Gasteiger partial charge in [-0.3, -0.25) is 4.79 Å². The lowest BCUT2D eigenvalue weighted by Crippen LogP contribution is -2.04. The largest absolute Gasteiger partial charge is 0.508 e. The highest BCUT2D eigenvalue weighted by Crippen LogP contribution is 2.21. The molecule has 0 fully saturated rings. The Morgan fingerprint density at radius 2 is 2.23 bits per heavy atom. The van der Waals surface area contributed by atoms with Crippen LogP contribution in [0.1, 0.15) is 5.56 Å². The lowest BCUT2D eigenvalue weighted by Gasteiger charge is -2.02. The fourth-order valence-corrected chi connectivity index (χ4v) is 1.26. The number of hydrogen-bond acceptors (Lipinski definition) is 3. The second-order valence-corrected chi connectivity index (χ2v) is 3.37. The van der Waals surface area contributed by atoms with Crippen LogP contribution in [0.25, 0.3) is 0 Å². The van der Waals surface area contributed by atoms with Gasteiger partial charge in [0.2, 0.25) is 0 Å². The topological polar surface area (TPSA) is 37.3 Å². The second kappa shape index (κ2) is 4.53. The summed E-state index contributed by atoms with van der Waals surface area (Å²) in [5.41, 5.74) is 0.640. The molecule has 1 rings (SSSR count). The molecular formula is C9H9ClO2S. The first-order valence-corrected chi connectivity index (χ1v) is 4.74. The van der Waals surface area contributed by atoms with Gasteiger partial charge in [-0.2, -0.15) is 12.6 Å². The minimum atomic E-state index is -0.0177. The summed E-state index contributed by atoms with van der Waals surface area (Å²) in [6.07, 6.45) is 0.219. The maximum absolute atomic E-state index is 11.0. The summed E-state index contributed by atoms with van der Waals surface area (Å²) >= 11 is 9.66. The van der Waals surface area contributed by atoms with Gasteiger partial charge in [0.15, 0.2) is 0 Å². The number of benzene rings is 1. The molecule has 0 aliphatic rings. The lowest BCUT2D eigenvalue weighted by atomic mass is 10.1. The molecular weight excluding hydrogens is 208 g/mol. The normalized spacial score (nSPS) is 10.0. The number of halogens is 1. The van der Waals surface area contributed by atoms with Gasteiger partial charge >= 0.3 is 0 Å². The zero-order valence-corrected chi connectivity index (χ0v) is 8.48. The van der Waals surface area contributed by atoms with Crippen LogP contribution in [0.2, 0.25) is 5.02 Å². The maximum atomic E-state index is 11.0. The number of Topliss-reactive ketones (excluding diaryl/α,β-unsaturated/α-hetero) is 1. The van der Waals surface area contributed by atoms with Crippen LogP contribution in [0, 0.1) is 0 Å². The van der Waals surface area contributed by atoms with E-state index in [0.29, 0.717) is 10.6 Å². The van der Waals surface area contributed by atoms with E-state index in [1.807, 2.05) is 0 Å². The van der Waals surface area contributed by atoms with Crippen molar-refractivity contribution in [3.05, 3.63) is 28.8 Å². The number of phenols is 1. The summed E-state index contributed by atoms with van der Waals surface area (Å²) in [7, 11) is 0. The van der Waals surface area contributed by atoms with Crippen molar-refractivity contribution in [3.63, 3.8) is 0 Å². The van der Waals surface area contributed by atoms with Gasteiger partial charge in [-0.25, -0.2) is 0 Å². The minimum Gasteiger partial charge on any atom is -0.508 e. The highest BCUT2D eigenvalue weighted by molar-refractivity contribution is 7.81. The molecule has 0 aromatic heterocycles. The van der Waals surface area contributed by atoms with Crippen LogP contribution in [0.5, 0.6) is 5.75 Å². The Kier molecular flexibility index (Phi) is 3.63. The smallest absolute Gasteiger partial charge is 0.146 e. The second-order valence-electron chi connectivity index (χ2n) is 2.65. The van der Waals surface area contributed by atoms with E-state index in [-0.39, 0.29) is 23.7 Å². The van der Waals surface area contributed by atoms with Crippen LogP contribution in [-0.2, 0) is 11.2 Å². The quantitative estimate of drug-likeness (QED) is 0.760. The van der Waals surface area contributed by atoms with Gasteiger partial charge in [0, 0.05) is 17.2 Å². The molecule has 2 nitrogen and oxygen atoms in total. The molecule has 0 saturated carbocycles. The van der Waals surface area contributed by atoms with E-state index in [0.717, 1.165) is 0 Å². The molecule has 0 heterocycles. The zero-order valence-electron chi connectivity index (χ0n) is 6.83. The predicted molar refractivity (Wildman–Crippen MR) is 55.7 cm³/mol. The van der Waals surface area contributed by atoms with Crippen molar-refractivity contribution in [2.45, 2.75) is 6.42 Å². The van der Waals surface area contributed by atoms with Crippen LogP contribution < -0.4 is 0 Å². The molecule has 13 heavy (non-hydrogen) atoms. The molecule has 1 N–H and O–H groups in total. The van der Waals surface area contributed by atoms with E-state index in [4.69, 9.17) is 16.7 Å². The average molecular weight is 217 g/mol. The summed E-state index contributed by atoms with van der Waals surface area (Å²) in [6, 6.07) is 4.54. The van der Waals surface area contributed by atoms with Gasteiger partial charge in [-0.15, -0.1) is 0 Å². The Hall–Kier alpha value is -0.670. The Bertz CT molecular complexity index is 325. The molecule has 70 valence electrons. The van der Waals surface area contributed by atoms with Crippen molar-refractivity contribution in [1.82, 2.24) is 0 Å². The SMILES string of the molecule is O=C(CS)Cc1cc(O)ccc1Cl. The molecule has 0 unspecified atom stereocenters. The zero-order chi connectivity index (χ0) is 9.84. The van der Waals surface area contributed by atoms with Crippen molar-refractivity contribution in [1.29, 1.82) is 0 Å². The van der Waals surface area contributed by atoms with E-state index in [2.05, 4.69) is 12.6 Å². The molecule has 1 aromatic carbocycles. The Labute approximate surface area is 86.9 Å². The molecule has 0 aliphatic carbocycles. The minimum absolute atomic E-state index is 0.0177. The van der Waals surface area contributed by atoms with Gasteiger partial charge < -0.3 is 5.11 Å². The summed E-state index contributed by atoms with van der Waals surface area (Å²) < 4.78 is 0. The third-order valence-corrected chi connectivity index (χ3v) is 2.31. The van der Waals surface area contributed by atoms with Gasteiger partial charge in [-0.1, -0.05) is 11.6 Å². The number of hydrogen-bond donors (Lipinski definition) is 2. The van der Waals surface area contributed by atoms with E-state index in [1.54, 1.807) is 6.07 Å². The predicted octanol–water partition coefficient (Wildman–Crippen LogP) is 2.09. The van der Waals surface area contributed by atoms with E-state index in [1.165, 1.54) is 12.1 Å². The van der Waals surface area contributed by atoms with E-state index < -0.39 is 0 Å². The van der Waals surface area contributed by atoms with Crippen molar-refractivity contribution in [2.24, 2.45) is 0 Å². The Morgan fingerprint density at radius 3 is 2.85 bits per heavy atom. The first-order valence-electron chi connectivity index (χ1n) is 3.73. The number of carbonyl (C=O) groups is 1. The first kappa shape index (κ1) is 10.4. The fourth-order valence-electron chi connectivity index (χ4n) is 0.965. The standard InChI is InChI=1S/C9H9ClO2S/c10-9-2-1-7(11)3-6(9)4-8(12)5-13/h1-3,11,13H,4-5H2. The number of thiol groups is 1. The summed E-state index contributed by atoms with van der Waals surface area (Å²) in [4.78, 5) is 11.0. The molecule has 4 heteroatoms. The van der Waals surface area contributed by atoms with Crippen molar-refractivity contribution in [2.75, 3.05) is 5.75 Å². The molecule has 0 bridgehead atoms. The van der Waals surface area contributed by atoms with E-state index >= 15 is 0 Å². The fraction of sp³-hybridized carbons (Fsp3) is 0.222. The third kappa shape index (κ3) is 2.94. The summed E-state index contributed by atoms with van der Waals surface area (Å²) in [5, 5.41) is 9.63. The van der Waals surface area contributed by atoms with Crippen LogP contribution in [-0.4, -0.2) is 16.6 Å². The summed E-state index contributed by atoms with van der Waals surface area (Å²) in [6.45, 7) is 0. The molecule has 0 radical (unpaired) electrons. The van der Waals surface area contributed by atoms with Crippen molar-refractivity contribution >= 4 is 30.0 Å². The number of carbonyl (C=O) groups excluding carboxylic acids is 1. The molecule has 0 amide bonds. The Morgan fingerprint density at radius 1 is 1.54 bits per heavy atom. The van der Waals surface area contributed by atoms with Crippen molar-refractivity contribution in [3.8, 4) is 5.75 Å². The molecule has 0 aliphatic heterocycles. The number of ketones is 1. The average Bonchev–Trinajstić information content (AvgIpc) is 2.11. The van der Waals surface area contributed by atoms with Crippen LogP contribution >= 0.6 is 24.2 Å². The van der Waals surface area contributed by atoms with Crippen molar-refractivity contribution < 1.29 is 9.90 Å². The maximum Gasteiger partial charge on any atom is 0.146 e. The van der Waals surface area contributed by atoms with E-state index in [9.17, 15) is 4.79 Å². The number of aromatic hydroxyl groups is 1. The van der Waals surface area contributed by atoms with Crippen LogP contribution in [0.15, 0.2) is 18.2 Å². The Balaban J connectivity index is 2.87. The van der Waals surface area contributed by atoms with Crippen LogP contribution in [0.4, 0.5) is 0 Å². The number of phenolic OH excluding ortho intramolecular Hbond substituents is 1. The highest BCUT2D eigenvalue weighted by Gasteiger charge is 2.06. The molecule has 0 spiro atoms.